The molecule has 2 aromatic rings. The van der Waals surface area contributed by atoms with E-state index < -0.39 is 47.7 Å². The number of halogens is 2. The number of hydrogen-bond acceptors (Lipinski definition) is 18. The van der Waals surface area contributed by atoms with E-state index in [2.05, 4.69) is 41.5 Å². The van der Waals surface area contributed by atoms with Gasteiger partial charge in [-0.1, -0.05) is 22.3 Å². The quantitative estimate of drug-likeness (QED) is 0.356. The highest BCUT2D eigenvalue weighted by molar-refractivity contribution is 6.03. The first-order chi connectivity index (χ1) is 33.6. The average molecular weight is 984 g/mol. The molecule has 0 saturated carbocycles. The summed E-state index contributed by atoms with van der Waals surface area (Å²) in [5.74, 6) is -4.07. The van der Waals surface area contributed by atoms with Crippen molar-refractivity contribution in [3.63, 3.8) is 0 Å². The van der Waals surface area contributed by atoms with Crippen molar-refractivity contribution >= 4 is 59.1 Å². The lowest BCUT2D eigenvalue weighted by Gasteiger charge is -2.39. The van der Waals surface area contributed by atoms with Crippen LogP contribution in [0.1, 0.15) is 63.5 Å². The van der Waals surface area contributed by atoms with Crippen LogP contribution in [-0.4, -0.2) is 182 Å². The Labute approximate surface area is 403 Å². The van der Waals surface area contributed by atoms with E-state index in [9.17, 15) is 47.1 Å². The smallest absolute Gasteiger partial charge is 0.378 e. The number of anilines is 2. The van der Waals surface area contributed by atoms with Gasteiger partial charge >= 0.3 is 12.2 Å². The lowest BCUT2D eigenvalue weighted by atomic mass is 10.1. The van der Waals surface area contributed by atoms with Gasteiger partial charge in [-0.3, -0.25) is 48.2 Å². The van der Waals surface area contributed by atoms with Gasteiger partial charge in [-0.15, -0.1) is 5.06 Å². The zero-order valence-corrected chi connectivity index (χ0v) is 39.3. The van der Waals surface area contributed by atoms with Crippen molar-refractivity contribution in [2.45, 2.75) is 77.5 Å². The maximum Gasteiger partial charge on any atom is 0.560 e. The minimum absolute atomic E-state index is 0.0608. The first-order valence-corrected chi connectivity index (χ1v) is 23.5. The maximum absolute atomic E-state index is 14.7. The van der Waals surface area contributed by atoms with Crippen LogP contribution in [0, 0.1) is 11.6 Å². The highest BCUT2D eigenvalue weighted by Gasteiger charge is 2.39. The van der Waals surface area contributed by atoms with Crippen molar-refractivity contribution in [3.8, 4) is 0 Å². The van der Waals surface area contributed by atoms with Crippen LogP contribution in [0.15, 0.2) is 36.4 Å². The topological polar surface area (TPSA) is 221 Å². The highest BCUT2D eigenvalue weighted by Crippen LogP contribution is 2.25. The maximum atomic E-state index is 14.7. The molecule has 0 radical (unpaired) electrons. The van der Waals surface area contributed by atoms with Gasteiger partial charge in [0.25, 0.3) is 35.4 Å². The predicted octanol–water partition coefficient (Wildman–Crippen LogP) is 2.09. The molecule has 9 rings (SSSR count). The molecule has 24 heteroatoms. The monoisotopic (exact) mass is 983 g/mol. The van der Waals surface area contributed by atoms with Crippen molar-refractivity contribution in [3.05, 3.63) is 59.2 Å². The molecule has 380 valence electrons. The molecule has 0 bridgehead atoms. The minimum Gasteiger partial charge on any atom is -0.378 e. The van der Waals surface area contributed by atoms with E-state index in [0.29, 0.717) is 62.6 Å². The number of amides is 7. The molecular formula is C46H59F2N9O13. The largest absolute Gasteiger partial charge is 0.560 e. The normalized spacial score (nSPS) is 22.5. The molecule has 7 saturated heterocycles. The summed E-state index contributed by atoms with van der Waals surface area (Å²) >= 11 is 0. The van der Waals surface area contributed by atoms with Crippen LogP contribution in [0.2, 0.25) is 0 Å². The summed E-state index contributed by atoms with van der Waals surface area (Å²) in [6, 6.07) is 11.2. The molecule has 2 atom stereocenters. The number of carbonyl (C=O) groups is 8. The number of hydrogen-bond donors (Lipinski definition) is 1. The Morgan fingerprint density at radius 3 is 1.39 bits per heavy atom. The molecule has 7 aliphatic rings. The van der Waals surface area contributed by atoms with Crippen LogP contribution in [0.5, 0.6) is 0 Å². The summed E-state index contributed by atoms with van der Waals surface area (Å²) in [5, 5.41) is 4.49. The third-order valence-corrected chi connectivity index (χ3v) is 12.5. The summed E-state index contributed by atoms with van der Waals surface area (Å²) in [4.78, 5) is 115. The summed E-state index contributed by atoms with van der Waals surface area (Å²) in [6.07, 6.45) is -2.32. The Kier molecular flexibility index (Phi) is 17.6. The van der Waals surface area contributed by atoms with Gasteiger partial charge in [-0.2, -0.15) is 4.79 Å². The van der Waals surface area contributed by atoms with Crippen LogP contribution < -0.4 is 15.1 Å². The lowest BCUT2D eigenvalue weighted by molar-refractivity contribution is -0.198. The van der Waals surface area contributed by atoms with Gasteiger partial charge in [0.1, 0.15) is 11.6 Å². The number of nitrogens with one attached hydrogen (secondary N) is 1. The molecule has 0 aliphatic carbocycles. The van der Waals surface area contributed by atoms with Gasteiger partial charge in [0.05, 0.1) is 26.4 Å². The summed E-state index contributed by atoms with van der Waals surface area (Å²) < 4.78 is 39.8. The number of carbonyl (C=O) groups excluding carboxylic acids is 8. The summed E-state index contributed by atoms with van der Waals surface area (Å²) in [7, 11) is 0. The predicted molar refractivity (Wildman–Crippen MR) is 240 cm³/mol. The van der Waals surface area contributed by atoms with Gasteiger partial charge in [0, 0.05) is 152 Å². The van der Waals surface area contributed by atoms with Crippen molar-refractivity contribution in [1.82, 2.24) is 35.2 Å². The first-order valence-electron chi connectivity index (χ1n) is 23.5. The standard InChI is InChI=1S/C21H27FN4O5.C16H24FN3O.C9H8N2O7/c1-15-13-23(6-7-25(15)21(29)31-26-19(27)4-5-20(26)28)14-16-2-3-17(12-18(16)22)24-8-10-30-11-9-24;1-13-11-19(5-4-18-13)12-14-2-3-15(10-16(14)17)20-6-8-21-9-7-20;12-5-1-2-6(13)10(5)17-9(16)18-11-7(14)3-4-8(11)15/h2-3,12,15H,4-11,13-14H2,1H3;2-3,10,13,18H,4-9,11-12H2,1H3;1-4H2/t15-;13-;/m11./s1. The Morgan fingerprint density at radius 1 is 0.571 bits per heavy atom. The van der Waals surface area contributed by atoms with Crippen molar-refractivity contribution in [2.24, 2.45) is 0 Å². The zero-order valence-electron chi connectivity index (χ0n) is 39.3. The Bertz CT molecular complexity index is 2190. The first kappa shape index (κ1) is 51.5. The molecule has 0 spiro atoms. The molecule has 70 heavy (non-hydrogen) atoms. The van der Waals surface area contributed by atoms with E-state index in [1.54, 1.807) is 12.1 Å². The van der Waals surface area contributed by atoms with Crippen LogP contribution in [0.4, 0.5) is 29.7 Å². The van der Waals surface area contributed by atoms with E-state index >= 15 is 0 Å². The second-order valence-electron chi connectivity index (χ2n) is 17.7. The molecule has 7 fully saturated rings. The fourth-order valence-corrected chi connectivity index (χ4v) is 8.72. The van der Waals surface area contributed by atoms with Crippen LogP contribution in [-0.2, 0) is 65.8 Å². The second-order valence-corrected chi connectivity index (χ2v) is 17.7. The van der Waals surface area contributed by atoms with Crippen molar-refractivity contribution in [2.75, 3.05) is 102 Å². The van der Waals surface area contributed by atoms with Crippen LogP contribution >= 0.6 is 0 Å². The Morgan fingerprint density at radius 2 is 0.986 bits per heavy atom. The SMILES string of the molecule is C[C@@H]1CN(Cc2ccc(N3CCOCC3)cc2F)CCN1.C[C@@H]1CN(Cc2ccc(N3CCOCC3)cc2F)CCN1C(=O)ON1C(=O)CCC1=O.O=C(ON1C(=O)CCC1=O)ON1C(=O)CCC1=O. The summed E-state index contributed by atoms with van der Waals surface area (Å²) in [6.45, 7) is 15.5. The lowest BCUT2D eigenvalue weighted by Crippen LogP contribution is -2.54. The minimum atomic E-state index is -1.48. The van der Waals surface area contributed by atoms with E-state index in [4.69, 9.17) is 14.3 Å². The molecule has 7 amide bonds. The molecular weight excluding hydrogens is 925 g/mol. The Hall–Kier alpha value is -6.34. The number of ether oxygens (including phenoxy) is 2. The van der Waals surface area contributed by atoms with Gasteiger partial charge in [-0.05, 0) is 38.1 Å². The van der Waals surface area contributed by atoms with Crippen molar-refractivity contribution < 1.29 is 71.1 Å². The van der Waals surface area contributed by atoms with Crippen LogP contribution in [0.3, 0.4) is 0 Å². The molecule has 7 heterocycles. The zero-order chi connectivity index (χ0) is 49.9. The summed E-state index contributed by atoms with van der Waals surface area (Å²) in [5.41, 5.74) is 3.22. The van der Waals surface area contributed by atoms with E-state index in [1.807, 2.05) is 31.2 Å². The molecule has 7 aliphatic heterocycles. The second kappa shape index (κ2) is 24.0. The number of piperazine rings is 2. The van der Waals surface area contributed by atoms with Gasteiger partial charge in [-0.25, -0.2) is 13.6 Å². The number of imide groups is 3. The molecule has 22 nitrogen and oxygen atoms in total. The Balaban J connectivity index is 0.000000162. The van der Waals surface area contributed by atoms with Gasteiger partial charge in [0.2, 0.25) is 0 Å². The van der Waals surface area contributed by atoms with Gasteiger partial charge < -0.3 is 34.3 Å². The third-order valence-electron chi connectivity index (χ3n) is 12.5. The van der Waals surface area contributed by atoms with E-state index in [-0.39, 0.29) is 66.3 Å². The number of nitrogens with zero attached hydrogens (tertiary/aromatic N) is 8. The fraction of sp³-hybridized carbons (Fsp3) is 0.565. The number of hydroxylamine groups is 6. The number of rotatable bonds is 9. The highest BCUT2D eigenvalue weighted by atomic mass is 19.1. The van der Waals surface area contributed by atoms with E-state index in [0.717, 1.165) is 76.0 Å². The third kappa shape index (κ3) is 13.5. The van der Waals surface area contributed by atoms with Crippen molar-refractivity contribution in [1.29, 1.82) is 0 Å². The average Bonchev–Trinajstić information content (AvgIpc) is 3.97. The molecule has 1 N–H and O–H groups in total. The molecule has 0 unspecified atom stereocenters. The number of benzene rings is 2. The molecule has 0 aromatic heterocycles. The van der Waals surface area contributed by atoms with E-state index in [1.165, 1.54) is 4.90 Å². The van der Waals surface area contributed by atoms with Crippen LogP contribution in [0.25, 0.3) is 0 Å². The van der Waals surface area contributed by atoms with Gasteiger partial charge in [0.15, 0.2) is 0 Å². The fourth-order valence-electron chi connectivity index (χ4n) is 8.72. The number of morpholine rings is 2. The molecule has 2 aromatic carbocycles.